The minimum atomic E-state index is -0.201. The highest BCUT2D eigenvalue weighted by molar-refractivity contribution is 6.31. The number of hydrogen-bond acceptors (Lipinski definition) is 4. The molecule has 1 saturated heterocycles. The Labute approximate surface area is 205 Å². The Balaban J connectivity index is 1.59. The number of aromatic nitrogens is 1. The van der Waals surface area contributed by atoms with Crippen LogP contribution in [0.1, 0.15) is 72.2 Å². The van der Waals surface area contributed by atoms with E-state index >= 15 is 0 Å². The van der Waals surface area contributed by atoms with E-state index in [1.807, 2.05) is 44.2 Å². The van der Waals surface area contributed by atoms with Crippen LogP contribution in [0.3, 0.4) is 0 Å². The zero-order chi connectivity index (χ0) is 24.0. The summed E-state index contributed by atoms with van der Waals surface area (Å²) in [6.07, 6.45) is 4.35. The van der Waals surface area contributed by atoms with Crippen LogP contribution in [-0.4, -0.2) is 40.9 Å². The highest BCUT2D eigenvalue weighted by Crippen LogP contribution is 2.47. The number of likely N-dealkylation sites (N-methyl/N-ethyl adjacent to an activating group) is 1. The molecule has 0 spiro atoms. The van der Waals surface area contributed by atoms with E-state index in [1.165, 1.54) is 28.6 Å². The van der Waals surface area contributed by atoms with E-state index in [0.717, 1.165) is 29.7 Å². The van der Waals surface area contributed by atoms with E-state index in [9.17, 15) is 9.59 Å². The molecule has 2 bridgehead atoms. The molecule has 5 nitrogen and oxygen atoms in total. The summed E-state index contributed by atoms with van der Waals surface area (Å²) in [6, 6.07) is 14.7. The molecular weight excluding hydrogens is 448 g/mol. The average molecular weight is 479 g/mol. The van der Waals surface area contributed by atoms with Gasteiger partial charge in [-0.3, -0.25) is 14.5 Å². The van der Waals surface area contributed by atoms with Crippen LogP contribution in [0.4, 0.5) is 0 Å². The van der Waals surface area contributed by atoms with E-state index in [-0.39, 0.29) is 24.4 Å². The Hall–Kier alpha value is -2.63. The number of carbonyl (C=O) groups is 2. The quantitative estimate of drug-likeness (QED) is 0.312. The third-order valence-corrected chi connectivity index (χ3v) is 7.74. The van der Waals surface area contributed by atoms with E-state index in [4.69, 9.17) is 16.3 Å². The number of nitrogens with zero attached hydrogens (tertiary/aromatic N) is 2. The summed E-state index contributed by atoms with van der Waals surface area (Å²) >= 11 is 6.44. The first kappa shape index (κ1) is 23.1. The molecule has 0 amide bonds. The summed E-state index contributed by atoms with van der Waals surface area (Å²) in [7, 11) is 2.23. The van der Waals surface area contributed by atoms with E-state index < -0.39 is 0 Å². The SMILES string of the molecule is CC(C)OC(=O)CC(Cn1c2c(c3cc(Cl)ccc31)C1CCC(C2)N1C)c1ccc(C=O)cc1. The lowest BCUT2D eigenvalue weighted by atomic mass is 9.94. The second-order valence-corrected chi connectivity index (χ2v) is 10.4. The monoisotopic (exact) mass is 478 g/mol. The number of esters is 1. The van der Waals surface area contributed by atoms with Crippen LogP contribution in [-0.2, 0) is 22.5 Å². The maximum absolute atomic E-state index is 12.7. The summed E-state index contributed by atoms with van der Waals surface area (Å²) in [5, 5.41) is 1.97. The maximum atomic E-state index is 12.7. The van der Waals surface area contributed by atoms with Gasteiger partial charge in [0.25, 0.3) is 0 Å². The molecule has 3 aromatic rings. The van der Waals surface area contributed by atoms with Gasteiger partial charge in [-0.2, -0.15) is 0 Å². The predicted octanol–water partition coefficient (Wildman–Crippen LogP) is 5.92. The van der Waals surface area contributed by atoms with E-state index in [1.54, 1.807) is 0 Å². The fraction of sp³-hybridized carbons (Fsp3) is 0.429. The number of rotatable bonds is 7. The summed E-state index contributed by atoms with van der Waals surface area (Å²) in [5.41, 5.74) is 5.60. The molecule has 3 atom stereocenters. The van der Waals surface area contributed by atoms with Gasteiger partial charge in [0.05, 0.1) is 12.5 Å². The normalized spacial score (nSPS) is 20.5. The van der Waals surface area contributed by atoms with Gasteiger partial charge < -0.3 is 9.30 Å². The molecule has 0 aliphatic carbocycles. The first-order valence-electron chi connectivity index (χ1n) is 12.1. The number of fused-ring (bicyclic) bond motifs is 6. The van der Waals surface area contributed by atoms with E-state index in [0.29, 0.717) is 24.2 Å². The topological polar surface area (TPSA) is 51.5 Å². The first-order valence-corrected chi connectivity index (χ1v) is 12.5. The van der Waals surface area contributed by atoms with Gasteiger partial charge in [0.1, 0.15) is 6.29 Å². The lowest BCUT2D eigenvalue weighted by molar-refractivity contribution is -0.147. The molecule has 0 N–H and O–H groups in total. The molecule has 2 aromatic carbocycles. The van der Waals surface area contributed by atoms with Gasteiger partial charge in [0.15, 0.2) is 0 Å². The Bertz CT molecular complexity index is 1230. The predicted molar refractivity (Wildman–Crippen MR) is 135 cm³/mol. The van der Waals surface area contributed by atoms with Crippen molar-refractivity contribution in [2.24, 2.45) is 0 Å². The van der Waals surface area contributed by atoms with Crippen LogP contribution >= 0.6 is 11.6 Å². The van der Waals surface area contributed by atoms with Gasteiger partial charge >= 0.3 is 5.97 Å². The Kier molecular flexibility index (Phi) is 6.26. The van der Waals surface area contributed by atoms with Crippen molar-refractivity contribution in [2.75, 3.05) is 7.05 Å². The summed E-state index contributed by atoms with van der Waals surface area (Å²) < 4.78 is 7.93. The molecule has 5 rings (SSSR count). The first-order chi connectivity index (χ1) is 16.4. The molecule has 6 heteroatoms. The molecule has 3 unspecified atom stereocenters. The van der Waals surface area contributed by atoms with Crippen molar-refractivity contribution in [3.05, 3.63) is 69.9 Å². The van der Waals surface area contributed by atoms with Crippen molar-refractivity contribution in [2.45, 2.75) is 70.2 Å². The van der Waals surface area contributed by atoms with Crippen molar-refractivity contribution in [1.29, 1.82) is 0 Å². The summed E-state index contributed by atoms with van der Waals surface area (Å²) in [5.74, 6) is -0.271. The van der Waals surface area contributed by atoms with Gasteiger partial charge in [-0.25, -0.2) is 0 Å². The smallest absolute Gasteiger partial charge is 0.306 e. The molecule has 1 fully saturated rings. The second kappa shape index (κ2) is 9.20. The van der Waals surface area contributed by atoms with Gasteiger partial charge in [0, 0.05) is 58.2 Å². The molecule has 0 radical (unpaired) electrons. The zero-order valence-electron chi connectivity index (χ0n) is 20.0. The number of carbonyl (C=O) groups excluding carboxylic acids is 2. The highest BCUT2D eigenvalue weighted by atomic mass is 35.5. The molecular formula is C28H31ClN2O3. The van der Waals surface area contributed by atoms with Crippen molar-refractivity contribution < 1.29 is 14.3 Å². The number of halogens is 1. The minimum Gasteiger partial charge on any atom is -0.463 e. The number of benzene rings is 2. The number of aldehydes is 1. The van der Waals surface area contributed by atoms with Gasteiger partial charge in [-0.15, -0.1) is 0 Å². The van der Waals surface area contributed by atoms with Crippen molar-refractivity contribution >= 4 is 34.8 Å². The van der Waals surface area contributed by atoms with Crippen molar-refractivity contribution in [1.82, 2.24) is 9.47 Å². The van der Waals surface area contributed by atoms with Crippen molar-refractivity contribution in [3.8, 4) is 0 Å². The molecule has 2 aliphatic rings. The molecule has 0 saturated carbocycles. The summed E-state index contributed by atoms with van der Waals surface area (Å²) in [4.78, 5) is 26.4. The standard InChI is InChI=1S/C28H31ClN2O3/c1-17(2)34-27(33)12-20(19-6-4-18(16-32)5-7-19)15-31-24-10-8-21(29)13-23(24)28-25-11-9-22(30(25)3)14-26(28)31/h4-8,10,13,16-17,20,22,25H,9,11-12,14-15H2,1-3H3. The van der Waals surface area contributed by atoms with Gasteiger partial charge in [-0.1, -0.05) is 35.9 Å². The van der Waals surface area contributed by atoms with Crippen LogP contribution in [0.2, 0.25) is 5.02 Å². The highest BCUT2D eigenvalue weighted by Gasteiger charge is 2.41. The Morgan fingerprint density at radius 1 is 1.18 bits per heavy atom. The van der Waals surface area contributed by atoms with Gasteiger partial charge in [-0.05, 0) is 63.1 Å². The Morgan fingerprint density at radius 3 is 2.65 bits per heavy atom. The molecule has 3 heterocycles. The Morgan fingerprint density at radius 2 is 1.94 bits per heavy atom. The van der Waals surface area contributed by atoms with Crippen LogP contribution in [0.25, 0.3) is 10.9 Å². The van der Waals surface area contributed by atoms with Gasteiger partial charge in [0.2, 0.25) is 0 Å². The lowest BCUT2D eigenvalue weighted by Crippen LogP contribution is -2.35. The van der Waals surface area contributed by atoms with Crippen LogP contribution in [0, 0.1) is 0 Å². The van der Waals surface area contributed by atoms with Crippen LogP contribution < -0.4 is 0 Å². The van der Waals surface area contributed by atoms with Crippen LogP contribution in [0.5, 0.6) is 0 Å². The van der Waals surface area contributed by atoms with Crippen molar-refractivity contribution in [3.63, 3.8) is 0 Å². The third-order valence-electron chi connectivity index (χ3n) is 7.51. The minimum absolute atomic E-state index is 0.0698. The summed E-state index contributed by atoms with van der Waals surface area (Å²) in [6.45, 7) is 4.42. The fourth-order valence-electron chi connectivity index (χ4n) is 5.90. The number of ether oxygens (including phenoxy) is 1. The average Bonchev–Trinajstić information content (AvgIpc) is 3.21. The molecule has 34 heavy (non-hydrogen) atoms. The molecule has 2 aliphatic heterocycles. The molecule has 1 aromatic heterocycles. The number of hydrogen-bond donors (Lipinski definition) is 0. The third kappa shape index (κ3) is 4.16. The fourth-order valence-corrected chi connectivity index (χ4v) is 6.07. The zero-order valence-corrected chi connectivity index (χ0v) is 20.7. The lowest BCUT2D eigenvalue weighted by Gasteiger charge is -2.33. The molecule has 178 valence electrons. The second-order valence-electron chi connectivity index (χ2n) is 9.97. The van der Waals surface area contributed by atoms with E-state index in [2.05, 4.69) is 28.6 Å². The maximum Gasteiger partial charge on any atom is 0.306 e. The largest absolute Gasteiger partial charge is 0.463 e. The van der Waals surface area contributed by atoms with Crippen LogP contribution in [0.15, 0.2) is 42.5 Å².